The lowest BCUT2D eigenvalue weighted by Crippen LogP contribution is -2.70. The summed E-state index contributed by atoms with van der Waals surface area (Å²) in [6, 6.07) is -2.60. The van der Waals surface area contributed by atoms with E-state index in [1.807, 2.05) is 0 Å². The zero-order valence-corrected chi connectivity index (χ0v) is 29.5. The summed E-state index contributed by atoms with van der Waals surface area (Å²) in [5.74, 6) is -6.35. The molecule has 23 heteroatoms. The fourth-order valence-corrected chi connectivity index (χ4v) is 6.30. The van der Waals surface area contributed by atoms with Crippen molar-refractivity contribution in [2.45, 2.75) is 137 Å². The maximum absolute atomic E-state index is 12.7. The van der Waals surface area contributed by atoms with Crippen molar-refractivity contribution in [1.82, 2.24) is 10.6 Å². The summed E-state index contributed by atoms with van der Waals surface area (Å²) in [4.78, 5) is 36.2. The van der Waals surface area contributed by atoms with Crippen LogP contribution in [0.1, 0.15) is 27.2 Å². The van der Waals surface area contributed by atoms with Crippen molar-refractivity contribution in [2.75, 3.05) is 26.4 Å². The van der Waals surface area contributed by atoms with E-state index in [2.05, 4.69) is 10.6 Å². The lowest BCUT2D eigenvalue weighted by atomic mass is 9.88. The van der Waals surface area contributed by atoms with Crippen LogP contribution in [0.5, 0.6) is 0 Å². The van der Waals surface area contributed by atoms with E-state index in [4.69, 9.17) is 28.4 Å². The summed E-state index contributed by atoms with van der Waals surface area (Å²) >= 11 is 0. The molecule has 3 fully saturated rings. The number of amides is 2. The highest BCUT2D eigenvalue weighted by atomic mass is 16.8. The Kier molecular flexibility index (Phi) is 17.0. The minimum atomic E-state index is -3.07. The molecule has 3 unspecified atom stereocenters. The number of aliphatic carboxylic acids is 1. The van der Waals surface area contributed by atoms with Gasteiger partial charge in [-0.05, 0) is 6.92 Å². The third-order valence-corrected chi connectivity index (χ3v) is 9.08. The Morgan fingerprint density at radius 1 is 0.870 bits per heavy atom. The van der Waals surface area contributed by atoms with Crippen molar-refractivity contribution >= 4 is 17.8 Å². The second-order valence-electron chi connectivity index (χ2n) is 13.1. The zero-order chi connectivity index (χ0) is 40.7. The van der Waals surface area contributed by atoms with Crippen LogP contribution in [-0.2, 0) is 42.8 Å². The number of hydrogen-bond donors (Lipinski definition) is 14. The Hall–Kier alpha value is -2.53. The van der Waals surface area contributed by atoms with Crippen LogP contribution < -0.4 is 10.6 Å². The molecule has 0 aliphatic carbocycles. The average molecular weight is 789 g/mol. The van der Waals surface area contributed by atoms with Crippen molar-refractivity contribution in [1.29, 1.82) is 0 Å². The van der Waals surface area contributed by atoms with Crippen LogP contribution in [0.15, 0.2) is 12.2 Å². The van der Waals surface area contributed by atoms with E-state index in [0.29, 0.717) is 0 Å². The number of aliphatic hydroxyl groups excluding tert-OH is 11. The number of carboxylic acid groups (broad SMARTS) is 1. The Morgan fingerprint density at radius 3 is 2.04 bits per heavy atom. The normalized spacial score (nSPS) is 39.7. The molecule has 3 saturated heterocycles. The molecule has 3 rings (SSSR count). The third-order valence-electron chi connectivity index (χ3n) is 9.08. The van der Waals surface area contributed by atoms with E-state index in [-0.39, 0.29) is 0 Å². The molecule has 0 spiro atoms. The predicted molar refractivity (Wildman–Crippen MR) is 172 cm³/mol. The molecule has 0 aromatic heterocycles. The molecule has 0 radical (unpaired) electrons. The van der Waals surface area contributed by atoms with Gasteiger partial charge < -0.3 is 100 Å². The fraction of sp³-hybridized carbons (Fsp3) is 0.839. The minimum Gasteiger partial charge on any atom is -0.477 e. The second kappa shape index (κ2) is 20.1. The molecule has 2 amide bonds. The van der Waals surface area contributed by atoms with Gasteiger partial charge in [-0.1, -0.05) is 12.2 Å². The monoisotopic (exact) mass is 788 g/mol. The van der Waals surface area contributed by atoms with Gasteiger partial charge >= 0.3 is 5.97 Å². The van der Waals surface area contributed by atoms with Gasteiger partial charge in [0.15, 0.2) is 12.6 Å². The van der Waals surface area contributed by atoms with E-state index in [0.717, 1.165) is 6.92 Å². The molecule has 14 N–H and O–H groups in total. The standard InChI is InChI=1S/C31H52N2O21/c1-4-5-14(39)13(32-11(2)37)10-49-28-23(45)22(44)25(18(9-36)51-28)52-29-24(46)27(21(43)17(8-35)50-29)54-31(30(47)48)6-15(40)19(33-12(3)38)26(53-31)20(42)16(41)7-34/h4-5,13-29,34-36,39-46H,6-10H2,1-3H3,(H,32,37)(H,33,38)(H,47,48)/b5-4+/t13?,14?,15-,16+,17+,18+,19+,20+,21-,22+,23+,24+,25+,26?,27-,28+,29-,31-/m0/s1. The molecule has 0 saturated carbocycles. The summed E-state index contributed by atoms with van der Waals surface area (Å²) in [6.45, 7) is 0.400. The first kappa shape index (κ1) is 45.9. The van der Waals surface area contributed by atoms with Crippen molar-refractivity contribution < 1.29 is 104 Å². The van der Waals surface area contributed by atoms with E-state index in [1.165, 1.54) is 19.1 Å². The highest BCUT2D eigenvalue weighted by Crippen LogP contribution is 2.38. The van der Waals surface area contributed by atoms with Crippen LogP contribution in [0.3, 0.4) is 0 Å². The van der Waals surface area contributed by atoms with E-state index < -0.39 is 160 Å². The lowest BCUT2D eigenvalue weighted by Gasteiger charge is -2.50. The quantitative estimate of drug-likeness (QED) is 0.0609. The van der Waals surface area contributed by atoms with Crippen molar-refractivity contribution in [3.05, 3.63) is 12.2 Å². The molecule has 3 heterocycles. The first-order valence-corrected chi connectivity index (χ1v) is 17.0. The SMILES string of the molecule is C/C=C/C(O)C(CO[C@@H]1O[C@H](CO)[C@@H](O[C@@H]2O[C@H](CO)[C@H](O)[C@H](O[C@]3(C(=O)O)C[C@H](O)[C@@H](NC(C)=O)C([C@H](O)[C@H](O)CO)O3)[C@H]2O)[C@H](O)[C@H]1O)NC(C)=O. The number of carbonyl (C=O) groups excluding carboxylic acids is 2. The molecule has 3 aliphatic heterocycles. The zero-order valence-electron chi connectivity index (χ0n) is 29.5. The Balaban J connectivity index is 1.87. The Labute approximate surface area is 308 Å². The van der Waals surface area contributed by atoms with Gasteiger partial charge in [-0.25, -0.2) is 4.79 Å². The van der Waals surface area contributed by atoms with Crippen LogP contribution in [0.4, 0.5) is 0 Å². The van der Waals surface area contributed by atoms with Gasteiger partial charge in [-0.2, -0.15) is 0 Å². The van der Waals surface area contributed by atoms with Crippen LogP contribution in [-0.4, -0.2) is 215 Å². The van der Waals surface area contributed by atoms with Gasteiger partial charge in [-0.15, -0.1) is 0 Å². The fourth-order valence-electron chi connectivity index (χ4n) is 6.30. The average Bonchev–Trinajstić information content (AvgIpc) is 3.11. The van der Waals surface area contributed by atoms with Gasteiger partial charge in [0.1, 0.15) is 67.1 Å². The molecule has 3 aliphatic rings. The minimum absolute atomic E-state index is 0.451. The van der Waals surface area contributed by atoms with Crippen LogP contribution in [0.2, 0.25) is 0 Å². The van der Waals surface area contributed by atoms with Crippen molar-refractivity contribution in [2.24, 2.45) is 0 Å². The van der Waals surface area contributed by atoms with E-state index >= 15 is 0 Å². The highest BCUT2D eigenvalue weighted by Gasteiger charge is 2.60. The number of rotatable bonds is 17. The van der Waals surface area contributed by atoms with Gasteiger partial charge in [0, 0.05) is 20.3 Å². The number of ether oxygens (including phenoxy) is 6. The van der Waals surface area contributed by atoms with Crippen LogP contribution >= 0.6 is 0 Å². The van der Waals surface area contributed by atoms with Crippen LogP contribution in [0, 0.1) is 0 Å². The molecule has 54 heavy (non-hydrogen) atoms. The Bertz CT molecular complexity index is 1260. The molecule has 0 aromatic rings. The first-order chi connectivity index (χ1) is 25.4. The third kappa shape index (κ3) is 10.6. The smallest absolute Gasteiger partial charge is 0.364 e. The van der Waals surface area contributed by atoms with Gasteiger partial charge in [0.2, 0.25) is 11.8 Å². The number of allylic oxidation sites excluding steroid dienone is 1. The number of nitrogens with one attached hydrogen (secondary N) is 2. The summed E-state index contributed by atoms with van der Waals surface area (Å²) in [7, 11) is 0. The summed E-state index contributed by atoms with van der Waals surface area (Å²) < 4.78 is 33.4. The summed E-state index contributed by atoms with van der Waals surface area (Å²) in [6.07, 6.45) is -26.5. The highest BCUT2D eigenvalue weighted by molar-refractivity contribution is 5.76. The molecular weight excluding hydrogens is 736 g/mol. The van der Waals surface area contributed by atoms with Gasteiger partial charge in [0.05, 0.1) is 50.7 Å². The summed E-state index contributed by atoms with van der Waals surface area (Å²) in [5.41, 5.74) is 0. The molecular formula is C31H52N2O21. The van der Waals surface area contributed by atoms with Gasteiger partial charge in [0.25, 0.3) is 5.79 Å². The predicted octanol–water partition coefficient (Wildman–Crippen LogP) is -7.76. The first-order valence-electron chi connectivity index (χ1n) is 17.0. The Morgan fingerprint density at radius 2 is 1.50 bits per heavy atom. The van der Waals surface area contributed by atoms with E-state index in [1.54, 1.807) is 6.92 Å². The van der Waals surface area contributed by atoms with Crippen LogP contribution in [0.25, 0.3) is 0 Å². The lowest BCUT2D eigenvalue weighted by molar-refractivity contribution is -0.386. The maximum Gasteiger partial charge on any atom is 0.364 e. The van der Waals surface area contributed by atoms with E-state index in [9.17, 15) is 75.7 Å². The number of carboxylic acids is 1. The molecule has 0 bridgehead atoms. The number of aliphatic hydroxyl groups is 11. The summed E-state index contributed by atoms with van der Waals surface area (Å²) in [5, 5.41) is 131. The second-order valence-corrected chi connectivity index (χ2v) is 13.1. The van der Waals surface area contributed by atoms with Crippen molar-refractivity contribution in [3.8, 4) is 0 Å². The van der Waals surface area contributed by atoms with Gasteiger partial charge in [-0.3, -0.25) is 9.59 Å². The van der Waals surface area contributed by atoms with Crippen molar-refractivity contribution in [3.63, 3.8) is 0 Å². The molecule has 0 aromatic carbocycles. The number of hydrogen-bond acceptors (Lipinski definition) is 20. The molecule has 18 atom stereocenters. The largest absolute Gasteiger partial charge is 0.477 e. The maximum atomic E-state index is 12.7. The number of carbonyl (C=O) groups is 3. The molecule has 23 nitrogen and oxygen atoms in total. The topological polar surface area (TPSA) is 373 Å². The molecule has 312 valence electrons.